The molecule has 1 aromatic rings. The van der Waals surface area contributed by atoms with Gasteiger partial charge in [-0.2, -0.15) is 0 Å². The summed E-state index contributed by atoms with van der Waals surface area (Å²) in [6.45, 7) is 4.28. The van der Waals surface area contributed by atoms with Crippen LogP contribution in [-0.4, -0.2) is 6.54 Å². The Bertz CT molecular complexity index is 260. The molecule has 0 amide bonds. The fourth-order valence-electron chi connectivity index (χ4n) is 1.02. The van der Waals surface area contributed by atoms with Crippen LogP contribution < -0.4 is 5.32 Å². The summed E-state index contributed by atoms with van der Waals surface area (Å²) in [5, 5.41) is 3.41. The van der Waals surface area contributed by atoms with Gasteiger partial charge < -0.3 is 5.32 Å². The minimum Gasteiger partial charge on any atom is -0.313 e. The number of halogens is 2. The third-order valence-corrected chi connectivity index (χ3v) is 4.21. The van der Waals surface area contributed by atoms with Crippen molar-refractivity contribution in [2.75, 3.05) is 6.54 Å². The maximum Gasteiger partial charge on any atom is 0.0755 e. The minimum atomic E-state index is 0.961. The number of unbranched alkanes of at least 4 members (excludes halogenated alkanes) is 1. The van der Waals surface area contributed by atoms with Crippen molar-refractivity contribution in [2.24, 2.45) is 0 Å². The fourth-order valence-corrected chi connectivity index (χ4v) is 3.85. The molecule has 1 nitrogen and oxygen atoms in total. The first-order chi connectivity index (χ1) is 6.24. The topological polar surface area (TPSA) is 12.0 Å². The lowest BCUT2D eigenvalue weighted by atomic mass is 10.3. The van der Waals surface area contributed by atoms with E-state index in [0.29, 0.717) is 0 Å². The van der Waals surface area contributed by atoms with Gasteiger partial charge in [-0.05, 0) is 56.5 Å². The molecule has 0 aliphatic heterocycles. The Hall–Kier alpha value is 0.620. The molecule has 0 aliphatic carbocycles. The third-order valence-electron chi connectivity index (χ3n) is 1.75. The van der Waals surface area contributed by atoms with Gasteiger partial charge in [0.15, 0.2) is 0 Å². The van der Waals surface area contributed by atoms with Crippen molar-refractivity contribution in [1.82, 2.24) is 5.32 Å². The van der Waals surface area contributed by atoms with E-state index in [1.54, 1.807) is 11.3 Å². The Kier molecular flexibility index (Phi) is 5.55. The lowest BCUT2D eigenvalue weighted by molar-refractivity contribution is 0.641. The molecular formula is C9H13Br2NS. The van der Waals surface area contributed by atoms with Crippen molar-refractivity contribution >= 4 is 43.2 Å². The second-order valence-electron chi connectivity index (χ2n) is 2.88. The summed E-state index contributed by atoms with van der Waals surface area (Å²) in [6.07, 6.45) is 2.50. The molecule has 0 aliphatic rings. The summed E-state index contributed by atoms with van der Waals surface area (Å²) in [6, 6.07) is 2.16. The summed E-state index contributed by atoms with van der Waals surface area (Å²) in [5.74, 6) is 0. The van der Waals surface area contributed by atoms with Crippen molar-refractivity contribution in [2.45, 2.75) is 26.3 Å². The average Bonchev–Trinajstić information content (AvgIpc) is 2.39. The zero-order valence-corrected chi connectivity index (χ0v) is 11.6. The maximum atomic E-state index is 3.53. The molecule has 0 radical (unpaired) electrons. The molecule has 74 valence electrons. The fraction of sp³-hybridized carbons (Fsp3) is 0.556. The van der Waals surface area contributed by atoms with Crippen molar-refractivity contribution < 1.29 is 0 Å². The number of thiophene rings is 1. The Labute approximate surface area is 100 Å². The smallest absolute Gasteiger partial charge is 0.0755 e. The molecule has 0 fully saturated rings. The molecule has 1 rings (SSSR count). The molecular weight excluding hydrogens is 314 g/mol. The third kappa shape index (κ3) is 4.11. The molecule has 1 heterocycles. The largest absolute Gasteiger partial charge is 0.313 e. The van der Waals surface area contributed by atoms with Gasteiger partial charge in [-0.3, -0.25) is 0 Å². The van der Waals surface area contributed by atoms with E-state index in [2.05, 4.69) is 50.2 Å². The minimum absolute atomic E-state index is 0.961. The van der Waals surface area contributed by atoms with Gasteiger partial charge in [0.05, 0.1) is 7.57 Å². The van der Waals surface area contributed by atoms with Gasteiger partial charge in [0.25, 0.3) is 0 Å². The van der Waals surface area contributed by atoms with Crippen LogP contribution in [0.2, 0.25) is 0 Å². The Morgan fingerprint density at radius 2 is 2.23 bits per heavy atom. The van der Waals surface area contributed by atoms with Gasteiger partial charge in [-0.1, -0.05) is 13.3 Å². The van der Waals surface area contributed by atoms with Crippen molar-refractivity contribution in [3.63, 3.8) is 0 Å². The lowest BCUT2D eigenvalue weighted by Crippen LogP contribution is -2.13. The van der Waals surface area contributed by atoms with Crippen LogP contribution >= 0.6 is 43.2 Å². The number of hydrogen-bond donors (Lipinski definition) is 1. The predicted molar refractivity (Wildman–Crippen MR) is 66.3 cm³/mol. The van der Waals surface area contributed by atoms with E-state index in [-0.39, 0.29) is 0 Å². The van der Waals surface area contributed by atoms with Crippen LogP contribution in [0.25, 0.3) is 0 Å². The Morgan fingerprint density at radius 3 is 2.77 bits per heavy atom. The van der Waals surface area contributed by atoms with E-state index < -0.39 is 0 Å². The van der Waals surface area contributed by atoms with Crippen LogP contribution in [0.1, 0.15) is 25.3 Å². The van der Waals surface area contributed by atoms with E-state index in [9.17, 15) is 0 Å². The molecule has 0 saturated heterocycles. The molecule has 1 N–H and O–H groups in total. The van der Waals surface area contributed by atoms with Gasteiger partial charge in [-0.15, -0.1) is 11.3 Å². The monoisotopic (exact) mass is 325 g/mol. The number of nitrogens with one attached hydrogen (secondary N) is 1. The van der Waals surface area contributed by atoms with Crippen LogP contribution in [0.3, 0.4) is 0 Å². The summed E-state index contributed by atoms with van der Waals surface area (Å²) in [5.41, 5.74) is 1.34. The first-order valence-electron chi connectivity index (χ1n) is 4.38. The normalized spacial score (nSPS) is 10.7. The van der Waals surface area contributed by atoms with Gasteiger partial charge in [0, 0.05) is 6.54 Å². The van der Waals surface area contributed by atoms with E-state index in [0.717, 1.165) is 13.1 Å². The molecule has 0 atom stereocenters. The molecule has 4 heteroatoms. The quantitative estimate of drug-likeness (QED) is 0.801. The van der Waals surface area contributed by atoms with Crippen molar-refractivity contribution in [3.8, 4) is 0 Å². The molecule has 0 unspecified atom stereocenters. The van der Waals surface area contributed by atoms with E-state index in [1.165, 1.54) is 26.0 Å². The van der Waals surface area contributed by atoms with Crippen LogP contribution in [-0.2, 0) is 6.54 Å². The number of hydrogen-bond acceptors (Lipinski definition) is 2. The average molecular weight is 327 g/mol. The van der Waals surface area contributed by atoms with Crippen molar-refractivity contribution in [1.29, 1.82) is 0 Å². The summed E-state index contributed by atoms with van der Waals surface area (Å²) < 4.78 is 2.41. The summed E-state index contributed by atoms with van der Waals surface area (Å²) in [7, 11) is 0. The van der Waals surface area contributed by atoms with Gasteiger partial charge in [0.2, 0.25) is 0 Å². The number of rotatable bonds is 5. The standard InChI is InChI=1S/C9H13Br2NS/c1-2-3-4-12-6-7-5-8(10)13-9(7)11/h5,12H,2-4,6H2,1H3. The summed E-state index contributed by atoms with van der Waals surface area (Å²) in [4.78, 5) is 0. The molecule has 13 heavy (non-hydrogen) atoms. The Balaban J connectivity index is 2.32. The highest BCUT2D eigenvalue weighted by Crippen LogP contribution is 2.31. The van der Waals surface area contributed by atoms with E-state index in [1.807, 2.05) is 0 Å². The van der Waals surface area contributed by atoms with Crippen LogP contribution in [0.4, 0.5) is 0 Å². The first kappa shape index (κ1) is 11.7. The van der Waals surface area contributed by atoms with Gasteiger partial charge in [0.1, 0.15) is 0 Å². The molecule has 0 aromatic carbocycles. The predicted octanol–water partition coefficient (Wildman–Crippen LogP) is 4.16. The molecule has 1 aromatic heterocycles. The summed E-state index contributed by atoms with van der Waals surface area (Å²) >= 11 is 8.73. The van der Waals surface area contributed by atoms with Crippen LogP contribution in [0, 0.1) is 0 Å². The van der Waals surface area contributed by atoms with Crippen LogP contribution in [0.5, 0.6) is 0 Å². The molecule has 0 saturated carbocycles. The Morgan fingerprint density at radius 1 is 1.46 bits per heavy atom. The van der Waals surface area contributed by atoms with Crippen molar-refractivity contribution in [3.05, 3.63) is 19.2 Å². The van der Waals surface area contributed by atoms with E-state index >= 15 is 0 Å². The first-order valence-corrected chi connectivity index (χ1v) is 6.78. The zero-order valence-electron chi connectivity index (χ0n) is 7.57. The van der Waals surface area contributed by atoms with Crippen LogP contribution in [0.15, 0.2) is 13.6 Å². The van der Waals surface area contributed by atoms with Gasteiger partial charge >= 0.3 is 0 Å². The lowest BCUT2D eigenvalue weighted by Gasteiger charge is -2.01. The maximum absolute atomic E-state index is 3.53. The molecule has 0 bridgehead atoms. The van der Waals surface area contributed by atoms with Gasteiger partial charge in [-0.25, -0.2) is 0 Å². The second-order valence-corrected chi connectivity index (χ2v) is 6.63. The highest BCUT2D eigenvalue weighted by atomic mass is 79.9. The molecule has 0 spiro atoms. The zero-order chi connectivity index (χ0) is 9.68. The highest BCUT2D eigenvalue weighted by molar-refractivity contribution is 9.12. The highest BCUT2D eigenvalue weighted by Gasteiger charge is 2.03. The second kappa shape index (κ2) is 6.17. The SMILES string of the molecule is CCCCNCc1cc(Br)sc1Br. The van der Waals surface area contributed by atoms with E-state index in [4.69, 9.17) is 0 Å².